The predicted molar refractivity (Wildman–Crippen MR) is 87.8 cm³/mol. The van der Waals surface area contributed by atoms with Gasteiger partial charge in [0.15, 0.2) is 0 Å². The number of aromatic nitrogens is 3. The van der Waals surface area contributed by atoms with Gasteiger partial charge in [0.05, 0.1) is 36.2 Å². The number of carbonyl (C=O) groups is 2. The number of hydrogen-bond donors (Lipinski definition) is 1. The molecule has 0 saturated carbocycles. The second-order valence-electron chi connectivity index (χ2n) is 5.73. The molecule has 24 heavy (non-hydrogen) atoms. The van der Waals surface area contributed by atoms with Crippen LogP contribution in [0.5, 0.6) is 0 Å². The molecule has 1 aliphatic rings. The Kier molecular flexibility index (Phi) is 4.79. The van der Waals surface area contributed by atoms with Gasteiger partial charge in [-0.1, -0.05) is 13.0 Å². The highest BCUT2D eigenvalue weighted by molar-refractivity contribution is 5.96. The number of carbonyl (C=O) groups excluding carboxylic acids is 2. The van der Waals surface area contributed by atoms with E-state index in [-0.39, 0.29) is 24.2 Å². The smallest absolute Gasteiger partial charge is 0.229 e. The van der Waals surface area contributed by atoms with Crippen LogP contribution in [0, 0.1) is 5.92 Å². The summed E-state index contributed by atoms with van der Waals surface area (Å²) in [6.45, 7) is 2.79. The highest BCUT2D eigenvalue weighted by Gasteiger charge is 2.34. The van der Waals surface area contributed by atoms with E-state index in [1.54, 1.807) is 23.5 Å². The summed E-state index contributed by atoms with van der Waals surface area (Å²) in [6.07, 6.45) is 5.83. The summed E-state index contributed by atoms with van der Waals surface area (Å²) in [7, 11) is 0. The molecule has 0 bridgehead atoms. The third-order valence-corrected chi connectivity index (χ3v) is 3.95. The highest BCUT2D eigenvalue weighted by atomic mass is 16.2. The Morgan fingerprint density at radius 3 is 2.75 bits per heavy atom. The molecule has 2 aromatic rings. The van der Waals surface area contributed by atoms with Crippen molar-refractivity contribution >= 4 is 17.5 Å². The molecule has 1 N–H and O–H groups in total. The highest BCUT2D eigenvalue weighted by Crippen LogP contribution is 2.21. The van der Waals surface area contributed by atoms with Crippen LogP contribution in [0.1, 0.15) is 24.9 Å². The van der Waals surface area contributed by atoms with Crippen LogP contribution < -0.4 is 5.32 Å². The van der Waals surface area contributed by atoms with E-state index >= 15 is 0 Å². The van der Waals surface area contributed by atoms with E-state index in [1.165, 1.54) is 0 Å². The minimum absolute atomic E-state index is 0.0293. The van der Waals surface area contributed by atoms with E-state index in [1.807, 2.05) is 25.1 Å². The van der Waals surface area contributed by atoms with Crippen LogP contribution in [-0.4, -0.2) is 38.2 Å². The first-order valence-electron chi connectivity index (χ1n) is 7.95. The van der Waals surface area contributed by atoms with Crippen LogP contribution in [0.3, 0.4) is 0 Å². The summed E-state index contributed by atoms with van der Waals surface area (Å²) in [5.41, 5.74) is 1.36. The first-order chi connectivity index (χ1) is 11.7. The van der Waals surface area contributed by atoms with Gasteiger partial charge in [-0.05, 0) is 12.1 Å². The SMILES string of the molecule is CCc1ncc(NC(=O)C2CC(=O)N(Cc3ccccn3)C2)cn1. The fourth-order valence-electron chi connectivity index (χ4n) is 2.63. The van der Waals surface area contributed by atoms with Crippen molar-refractivity contribution < 1.29 is 9.59 Å². The summed E-state index contributed by atoms with van der Waals surface area (Å²) >= 11 is 0. The number of likely N-dealkylation sites (tertiary alicyclic amines) is 1. The third-order valence-electron chi connectivity index (χ3n) is 3.95. The summed E-state index contributed by atoms with van der Waals surface area (Å²) in [5.74, 6) is 0.149. The molecular weight excluding hydrogens is 306 g/mol. The van der Waals surface area contributed by atoms with Gasteiger partial charge in [-0.25, -0.2) is 9.97 Å². The quantitative estimate of drug-likeness (QED) is 0.898. The molecule has 7 nitrogen and oxygen atoms in total. The second-order valence-corrected chi connectivity index (χ2v) is 5.73. The normalized spacial score (nSPS) is 17.1. The van der Waals surface area contributed by atoms with Crippen molar-refractivity contribution in [2.24, 2.45) is 5.92 Å². The number of nitrogens with one attached hydrogen (secondary N) is 1. The number of amides is 2. The number of aryl methyl sites for hydroxylation is 1. The molecular formula is C17H19N5O2. The minimum atomic E-state index is -0.368. The molecule has 0 radical (unpaired) electrons. The first-order valence-corrected chi connectivity index (χ1v) is 7.95. The molecule has 1 saturated heterocycles. The maximum Gasteiger partial charge on any atom is 0.229 e. The zero-order valence-electron chi connectivity index (χ0n) is 13.5. The van der Waals surface area contributed by atoms with Gasteiger partial charge in [-0.3, -0.25) is 14.6 Å². The van der Waals surface area contributed by atoms with Crippen molar-refractivity contribution in [2.75, 3.05) is 11.9 Å². The van der Waals surface area contributed by atoms with Gasteiger partial charge in [-0.15, -0.1) is 0 Å². The molecule has 2 amide bonds. The molecule has 7 heteroatoms. The zero-order valence-corrected chi connectivity index (χ0v) is 13.5. The fourth-order valence-corrected chi connectivity index (χ4v) is 2.63. The number of nitrogens with zero attached hydrogens (tertiary/aromatic N) is 4. The Morgan fingerprint density at radius 2 is 2.08 bits per heavy atom. The zero-order chi connectivity index (χ0) is 16.9. The summed E-state index contributed by atoms with van der Waals surface area (Å²) in [6, 6.07) is 5.58. The van der Waals surface area contributed by atoms with Crippen LogP contribution in [-0.2, 0) is 22.6 Å². The van der Waals surface area contributed by atoms with Gasteiger partial charge >= 0.3 is 0 Å². The Bertz CT molecular complexity index is 718. The maximum absolute atomic E-state index is 12.4. The number of hydrogen-bond acceptors (Lipinski definition) is 5. The Morgan fingerprint density at radius 1 is 1.29 bits per heavy atom. The number of pyridine rings is 1. The van der Waals surface area contributed by atoms with Crippen LogP contribution in [0.15, 0.2) is 36.8 Å². The van der Waals surface area contributed by atoms with Crippen molar-refractivity contribution in [1.82, 2.24) is 19.9 Å². The molecule has 0 spiro atoms. The first kappa shape index (κ1) is 16.0. The average molecular weight is 325 g/mol. The lowest BCUT2D eigenvalue weighted by Gasteiger charge is -2.16. The van der Waals surface area contributed by atoms with E-state index in [4.69, 9.17) is 0 Å². The lowest BCUT2D eigenvalue weighted by Crippen LogP contribution is -2.28. The summed E-state index contributed by atoms with van der Waals surface area (Å²) in [5, 5.41) is 2.78. The van der Waals surface area contributed by atoms with Crippen molar-refractivity contribution in [3.8, 4) is 0 Å². The van der Waals surface area contributed by atoms with E-state index in [9.17, 15) is 9.59 Å². The fraction of sp³-hybridized carbons (Fsp3) is 0.353. The average Bonchev–Trinajstić information content (AvgIpc) is 2.97. The van der Waals surface area contributed by atoms with Gasteiger partial charge in [-0.2, -0.15) is 0 Å². The lowest BCUT2D eigenvalue weighted by atomic mass is 10.1. The second kappa shape index (κ2) is 7.16. The molecule has 0 aromatic carbocycles. The Hall–Kier alpha value is -2.83. The lowest BCUT2D eigenvalue weighted by molar-refractivity contribution is -0.128. The van der Waals surface area contributed by atoms with Crippen LogP contribution in [0.2, 0.25) is 0 Å². The third kappa shape index (κ3) is 3.73. The molecule has 1 aliphatic heterocycles. The predicted octanol–water partition coefficient (Wildman–Crippen LogP) is 1.42. The molecule has 3 rings (SSSR count). The molecule has 1 atom stereocenters. The van der Waals surface area contributed by atoms with Gasteiger partial charge in [0, 0.05) is 25.6 Å². The van der Waals surface area contributed by atoms with E-state index in [0.717, 1.165) is 17.9 Å². The monoisotopic (exact) mass is 325 g/mol. The van der Waals surface area contributed by atoms with Gasteiger partial charge < -0.3 is 10.2 Å². The van der Waals surface area contributed by atoms with Crippen LogP contribution in [0.25, 0.3) is 0 Å². The topological polar surface area (TPSA) is 88.1 Å². The standard InChI is InChI=1S/C17H19N5O2/c1-2-15-19-8-14(9-20-15)21-17(24)12-7-16(23)22(10-12)11-13-5-3-4-6-18-13/h3-6,8-9,12H,2,7,10-11H2,1H3,(H,21,24). The van der Waals surface area contributed by atoms with E-state index in [2.05, 4.69) is 20.3 Å². The minimum Gasteiger partial charge on any atom is -0.336 e. The van der Waals surface area contributed by atoms with Crippen molar-refractivity contribution in [3.05, 3.63) is 48.3 Å². The molecule has 1 fully saturated rings. The largest absolute Gasteiger partial charge is 0.336 e. The summed E-state index contributed by atoms with van der Waals surface area (Å²) < 4.78 is 0. The van der Waals surface area contributed by atoms with Crippen molar-refractivity contribution in [2.45, 2.75) is 26.3 Å². The van der Waals surface area contributed by atoms with Crippen LogP contribution >= 0.6 is 0 Å². The Balaban J connectivity index is 1.59. The Labute approximate surface area is 140 Å². The van der Waals surface area contributed by atoms with Gasteiger partial charge in [0.25, 0.3) is 0 Å². The van der Waals surface area contributed by atoms with Crippen molar-refractivity contribution in [1.29, 1.82) is 0 Å². The van der Waals surface area contributed by atoms with Crippen molar-refractivity contribution in [3.63, 3.8) is 0 Å². The molecule has 0 aliphatic carbocycles. The number of anilines is 1. The summed E-state index contributed by atoms with van der Waals surface area (Å²) in [4.78, 5) is 38.7. The molecule has 2 aromatic heterocycles. The van der Waals surface area contributed by atoms with Gasteiger partial charge in [0.1, 0.15) is 5.82 Å². The van der Waals surface area contributed by atoms with E-state index < -0.39 is 0 Å². The molecule has 124 valence electrons. The number of rotatable bonds is 5. The maximum atomic E-state index is 12.4. The van der Waals surface area contributed by atoms with Gasteiger partial charge in [0.2, 0.25) is 11.8 Å². The molecule has 1 unspecified atom stereocenters. The van der Waals surface area contributed by atoms with Crippen LogP contribution in [0.4, 0.5) is 5.69 Å². The van der Waals surface area contributed by atoms with E-state index in [0.29, 0.717) is 18.8 Å². The molecule has 3 heterocycles.